The Labute approximate surface area is 124 Å². The molecule has 0 aliphatic heterocycles. The largest absolute Gasteiger partial charge is 0.340 e. The standard InChI is InChI=1S/C15H22N4O2/c1-9(2)13-12-11(15(20)19(5)7-6-16-4)8-10(3)17-14(12)21-18-13/h8-9,16H,6-7H2,1-5H3. The molecule has 0 aliphatic carbocycles. The van der Waals surface area contributed by atoms with Gasteiger partial charge < -0.3 is 14.7 Å². The highest BCUT2D eigenvalue weighted by Crippen LogP contribution is 2.28. The van der Waals surface area contributed by atoms with Gasteiger partial charge in [0.15, 0.2) is 0 Å². The van der Waals surface area contributed by atoms with Crippen LogP contribution in [0, 0.1) is 6.92 Å². The molecule has 2 aromatic heterocycles. The summed E-state index contributed by atoms with van der Waals surface area (Å²) >= 11 is 0. The van der Waals surface area contributed by atoms with Crippen molar-refractivity contribution < 1.29 is 9.32 Å². The lowest BCUT2D eigenvalue weighted by atomic mass is 10.0. The number of hydrogen-bond acceptors (Lipinski definition) is 5. The Bertz CT molecular complexity index is 648. The third-order valence-corrected chi connectivity index (χ3v) is 3.42. The first-order chi connectivity index (χ1) is 9.95. The number of fused-ring (bicyclic) bond motifs is 1. The highest BCUT2D eigenvalue weighted by atomic mass is 16.5. The Morgan fingerprint density at radius 1 is 1.48 bits per heavy atom. The molecule has 0 unspecified atom stereocenters. The summed E-state index contributed by atoms with van der Waals surface area (Å²) in [4.78, 5) is 18.7. The fourth-order valence-electron chi connectivity index (χ4n) is 2.25. The Balaban J connectivity index is 2.51. The van der Waals surface area contributed by atoms with E-state index >= 15 is 0 Å². The second-order valence-electron chi connectivity index (χ2n) is 5.54. The van der Waals surface area contributed by atoms with Crippen LogP contribution in [0.5, 0.6) is 0 Å². The van der Waals surface area contributed by atoms with Gasteiger partial charge in [-0.3, -0.25) is 4.79 Å². The molecule has 0 bridgehead atoms. The molecular weight excluding hydrogens is 268 g/mol. The summed E-state index contributed by atoms with van der Waals surface area (Å²) in [5, 5.41) is 7.85. The first-order valence-electron chi connectivity index (χ1n) is 7.12. The average Bonchev–Trinajstić information content (AvgIpc) is 2.86. The van der Waals surface area contributed by atoms with Gasteiger partial charge in [0.25, 0.3) is 11.6 Å². The maximum absolute atomic E-state index is 12.7. The van der Waals surface area contributed by atoms with E-state index in [9.17, 15) is 4.79 Å². The van der Waals surface area contributed by atoms with Gasteiger partial charge in [0, 0.05) is 25.8 Å². The lowest BCUT2D eigenvalue weighted by Crippen LogP contribution is -2.33. The normalized spacial score (nSPS) is 11.3. The first-order valence-corrected chi connectivity index (χ1v) is 7.12. The molecule has 0 fully saturated rings. The smallest absolute Gasteiger partial charge is 0.259 e. The maximum atomic E-state index is 12.7. The molecule has 0 spiro atoms. The Hall–Kier alpha value is -1.95. The summed E-state index contributed by atoms with van der Waals surface area (Å²) in [6.45, 7) is 7.28. The molecule has 2 aromatic rings. The Morgan fingerprint density at radius 3 is 2.81 bits per heavy atom. The zero-order valence-electron chi connectivity index (χ0n) is 13.2. The third kappa shape index (κ3) is 3.05. The molecule has 6 nitrogen and oxygen atoms in total. The first kappa shape index (κ1) is 15.4. The van der Waals surface area contributed by atoms with Crippen LogP contribution in [0.15, 0.2) is 10.6 Å². The lowest BCUT2D eigenvalue weighted by Gasteiger charge is -2.17. The molecule has 0 radical (unpaired) electrons. The minimum Gasteiger partial charge on any atom is -0.340 e. The minimum atomic E-state index is -0.0362. The number of aromatic nitrogens is 2. The van der Waals surface area contributed by atoms with Gasteiger partial charge in [-0.15, -0.1) is 0 Å². The summed E-state index contributed by atoms with van der Waals surface area (Å²) in [5.41, 5.74) is 2.58. The fraction of sp³-hybridized carbons (Fsp3) is 0.533. The number of carbonyl (C=O) groups is 1. The predicted octanol–water partition coefficient (Wildman–Crippen LogP) is 1.95. The van der Waals surface area contributed by atoms with Gasteiger partial charge >= 0.3 is 0 Å². The number of rotatable bonds is 5. The van der Waals surface area contributed by atoms with E-state index in [1.807, 2.05) is 33.9 Å². The fourth-order valence-corrected chi connectivity index (χ4v) is 2.25. The molecule has 2 heterocycles. The van der Waals surface area contributed by atoms with E-state index in [1.54, 1.807) is 11.9 Å². The molecule has 0 aliphatic rings. The molecular formula is C15H22N4O2. The van der Waals surface area contributed by atoms with Crippen molar-refractivity contribution in [3.05, 3.63) is 23.0 Å². The van der Waals surface area contributed by atoms with E-state index in [4.69, 9.17) is 4.52 Å². The number of carbonyl (C=O) groups excluding carboxylic acids is 1. The van der Waals surface area contributed by atoms with Crippen LogP contribution in [0.3, 0.4) is 0 Å². The van der Waals surface area contributed by atoms with E-state index in [-0.39, 0.29) is 11.8 Å². The second kappa shape index (κ2) is 6.22. The van der Waals surface area contributed by atoms with Crippen LogP contribution < -0.4 is 5.32 Å². The van der Waals surface area contributed by atoms with Crippen molar-refractivity contribution in [2.75, 3.05) is 27.2 Å². The molecule has 0 saturated heterocycles. The minimum absolute atomic E-state index is 0.0362. The van der Waals surface area contributed by atoms with Crippen molar-refractivity contribution in [1.82, 2.24) is 20.4 Å². The topological polar surface area (TPSA) is 71.3 Å². The van der Waals surface area contributed by atoms with Gasteiger partial charge in [-0.25, -0.2) is 4.98 Å². The van der Waals surface area contributed by atoms with Crippen molar-refractivity contribution in [1.29, 1.82) is 0 Å². The number of aryl methyl sites for hydroxylation is 1. The highest BCUT2D eigenvalue weighted by Gasteiger charge is 2.23. The van der Waals surface area contributed by atoms with Gasteiger partial charge in [0.2, 0.25) is 0 Å². The summed E-state index contributed by atoms with van der Waals surface area (Å²) in [6.07, 6.45) is 0. The number of hydrogen-bond donors (Lipinski definition) is 1. The molecule has 1 amide bonds. The Kier molecular flexibility index (Phi) is 4.57. The van der Waals surface area contributed by atoms with E-state index in [1.165, 1.54) is 0 Å². The van der Waals surface area contributed by atoms with Gasteiger partial charge in [-0.05, 0) is 26.0 Å². The van der Waals surface area contributed by atoms with E-state index in [0.29, 0.717) is 17.8 Å². The van der Waals surface area contributed by atoms with Crippen LogP contribution in [-0.4, -0.2) is 48.1 Å². The summed E-state index contributed by atoms with van der Waals surface area (Å²) in [6, 6.07) is 1.81. The number of nitrogens with one attached hydrogen (secondary N) is 1. The predicted molar refractivity (Wildman–Crippen MR) is 81.5 cm³/mol. The average molecular weight is 290 g/mol. The molecule has 0 aromatic carbocycles. The molecule has 0 atom stereocenters. The lowest BCUT2D eigenvalue weighted by molar-refractivity contribution is 0.0798. The molecule has 21 heavy (non-hydrogen) atoms. The van der Waals surface area contributed by atoms with Crippen molar-refractivity contribution in [3.8, 4) is 0 Å². The molecule has 1 N–H and O–H groups in total. The highest BCUT2D eigenvalue weighted by molar-refractivity contribution is 6.06. The van der Waals surface area contributed by atoms with Gasteiger partial charge in [-0.1, -0.05) is 19.0 Å². The van der Waals surface area contributed by atoms with Crippen LogP contribution in [0.25, 0.3) is 11.1 Å². The van der Waals surface area contributed by atoms with Crippen LogP contribution in [0.2, 0.25) is 0 Å². The third-order valence-electron chi connectivity index (χ3n) is 3.42. The monoisotopic (exact) mass is 290 g/mol. The van der Waals surface area contributed by atoms with E-state index in [2.05, 4.69) is 15.5 Å². The summed E-state index contributed by atoms with van der Waals surface area (Å²) < 4.78 is 5.30. The molecule has 114 valence electrons. The summed E-state index contributed by atoms with van der Waals surface area (Å²) in [5.74, 6) is 0.135. The zero-order valence-corrected chi connectivity index (χ0v) is 13.2. The zero-order chi connectivity index (χ0) is 15.6. The number of likely N-dealkylation sites (N-methyl/N-ethyl adjacent to an activating group) is 2. The van der Waals surface area contributed by atoms with Crippen molar-refractivity contribution in [2.24, 2.45) is 0 Å². The maximum Gasteiger partial charge on any atom is 0.259 e. The van der Waals surface area contributed by atoms with Crippen molar-refractivity contribution in [2.45, 2.75) is 26.7 Å². The van der Waals surface area contributed by atoms with Gasteiger partial charge in [0.1, 0.15) is 0 Å². The van der Waals surface area contributed by atoms with E-state index < -0.39 is 0 Å². The van der Waals surface area contributed by atoms with Gasteiger partial charge in [0.05, 0.1) is 16.6 Å². The quantitative estimate of drug-likeness (QED) is 0.911. The number of amides is 1. The van der Waals surface area contributed by atoms with Crippen LogP contribution in [0.4, 0.5) is 0 Å². The summed E-state index contributed by atoms with van der Waals surface area (Å²) in [7, 11) is 3.66. The SMILES string of the molecule is CNCCN(C)C(=O)c1cc(C)nc2onc(C(C)C)c12. The van der Waals surface area contributed by atoms with Crippen LogP contribution in [0.1, 0.15) is 41.5 Å². The van der Waals surface area contributed by atoms with E-state index in [0.717, 1.165) is 23.3 Å². The van der Waals surface area contributed by atoms with Crippen LogP contribution in [-0.2, 0) is 0 Å². The Morgan fingerprint density at radius 2 is 2.19 bits per heavy atom. The van der Waals surface area contributed by atoms with Crippen molar-refractivity contribution in [3.63, 3.8) is 0 Å². The molecule has 0 saturated carbocycles. The molecule has 6 heteroatoms. The van der Waals surface area contributed by atoms with Crippen LogP contribution >= 0.6 is 0 Å². The number of nitrogens with zero attached hydrogens (tertiary/aromatic N) is 3. The number of pyridine rings is 1. The molecule has 2 rings (SSSR count). The second-order valence-corrected chi connectivity index (χ2v) is 5.54. The van der Waals surface area contributed by atoms with Crippen molar-refractivity contribution >= 4 is 17.0 Å². The van der Waals surface area contributed by atoms with Gasteiger partial charge in [-0.2, -0.15) is 0 Å².